The largest absolute Gasteiger partial charge is 0.462 e. The van der Waals surface area contributed by atoms with Crippen LogP contribution in [0.3, 0.4) is 0 Å². The number of carbonyl (C=O) groups is 1. The highest BCUT2D eigenvalue weighted by molar-refractivity contribution is 7.12. The molecular formula is C17H24O10S. The lowest BCUT2D eigenvalue weighted by atomic mass is 10.0. The molecule has 8 atom stereocenters. The number of hydrogen-bond donors (Lipinski definition) is 6. The van der Waals surface area contributed by atoms with Crippen LogP contribution < -0.4 is 0 Å². The second-order valence-corrected chi connectivity index (χ2v) is 7.78. The second kappa shape index (κ2) is 8.69. The predicted molar refractivity (Wildman–Crippen MR) is 93.7 cm³/mol. The Balaban J connectivity index is 1.97. The molecule has 11 heteroatoms. The minimum atomic E-state index is -1.39. The third-order valence-corrected chi connectivity index (χ3v) is 6.16. The van der Waals surface area contributed by atoms with Crippen molar-refractivity contribution in [2.24, 2.45) is 0 Å². The Kier molecular flexibility index (Phi) is 6.69. The smallest absolute Gasteiger partial charge is 0.339 e. The second-order valence-electron chi connectivity index (χ2n) is 6.66. The van der Waals surface area contributed by atoms with Crippen LogP contribution in [-0.2, 0) is 14.2 Å². The molecule has 1 aromatic rings. The van der Waals surface area contributed by atoms with E-state index in [2.05, 4.69) is 0 Å². The van der Waals surface area contributed by atoms with Crippen LogP contribution >= 0.6 is 11.3 Å². The number of rotatable bonds is 6. The summed E-state index contributed by atoms with van der Waals surface area (Å²) in [7, 11) is 0. The van der Waals surface area contributed by atoms with Gasteiger partial charge in [-0.25, -0.2) is 4.79 Å². The molecule has 0 radical (unpaired) electrons. The molecule has 3 rings (SSSR count). The molecule has 2 saturated heterocycles. The third kappa shape index (κ3) is 3.70. The lowest BCUT2D eigenvalue weighted by molar-refractivity contribution is -0.0222. The molecule has 0 spiro atoms. The van der Waals surface area contributed by atoms with Gasteiger partial charge in [0.25, 0.3) is 0 Å². The van der Waals surface area contributed by atoms with Gasteiger partial charge in [0.1, 0.15) is 48.8 Å². The van der Waals surface area contributed by atoms with Gasteiger partial charge in [0, 0.05) is 4.88 Å². The average molecular weight is 420 g/mol. The molecule has 2 fully saturated rings. The Morgan fingerprint density at radius 3 is 2.04 bits per heavy atom. The zero-order valence-corrected chi connectivity index (χ0v) is 15.9. The van der Waals surface area contributed by atoms with E-state index in [1.807, 2.05) is 0 Å². The first-order valence-electron chi connectivity index (χ1n) is 8.89. The highest BCUT2D eigenvalue weighted by Crippen LogP contribution is 2.44. The van der Waals surface area contributed by atoms with Gasteiger partial charge in [-0.2, -0.15) is 0 Å². The highest BCUT2D eigenvalue weighted by Gasteiger charge is 2.48. The molecule has 2 aliphatic rings. The van der Waals surface area contributed by atoms with Crippen LogP contribution in [0.1, 0.15) is 39.2 Å². The number of aliphatic hydroxyl groups excluding tert-OH is 6. The summed E-state index contributed by atoms with van der Waals surface area (Å²) in [6.45, 7) is 0.722. The van der Waals surface area contributed by atoms with E-state index < -0.39 is 68.0 Å². The van der Waals surface area contributed by atoms with Crippen molar-refractivity contribution in [3.63, 3.8) is 0 Å². The molecule has 10 nitrogen and oxygen atoms in total. The first kappa shape index (κ1) is 21.6. The van der Waals surface area contributed by atoms with E-state index in [0.29, 0.717) is 4.88 Å². The van der Waals surface area contributed by atoms with Gasteiger partial charge in [-0.05, 0) is 13.0 Å². The van der Waals surface area contributed by atoms with Crippen LogP contribution in [0.25, 0.3) is 0 Å². The van der Waals surface area contributed by atoms with E-state index in [0.717, 1.165) is 11.3 Å². The average Bonchev–Trinajstić information content (AvgIpc) is 3.32. The molecule has 0 unspecified atom stereocenters. The van der Waals surface area contributed by atoms with E-state index in [4.69, 9.17) is 14.2 Å². The number of carbonyl (C=O) groups excluding carboxylic acids is 1. The summed E-state index contributed by atoms with van der Waals surface area (Å²) in [5.41, 5.74) is 0.0643. The SMILES string of the molecule is CCOC(=O)c1cc([C@@H]2O[C@H](CO)[C@@H](O)[C@H]2O)sc1[C@H]1O[C@@H](CO)[C@H](O)[C@@H]1O. The van der Waals surface area contributed by atoms with Crippen LogP contribution in [0.4, 0.5) is 0 Å². The highest BCUT2D eigenvalue weighted by atomic mass is 32.1. The molecule has 2 aliphatic heterocycles. The van der Waals surface area contributed by atoms with Gasteiger partial charge >= 0.3 is 5.97 Å². The molecule has 3 heterocycles. The van der Waals surface area contributed by atoms with Crippen molar-refractivity contribution in [2.45, 2.75) is 55.8 Å². The maximum Gasteiger partial charge on any atom is 0.339 e. The third-order valence-electron chi connectivity index (χ3n) is 4.90. The fourth-order valence-electron chi connectivity index (χ4n) is 3.40. The Hall–Kier alpha value is -1.15. The Bertz CT molecular complexity index is 693. The Morgan fingerprint density at radius 2 is 1.54 bits per heavy atom. The van der Waals surface area contributed by atoms with E-state index in [1.165, 1.54) is 6.07 Å². The molecule has 6 N–H and O–H groups in total. The zero-order chi connectivity index (χ0) is 20.6. The lowest BCUT2D eigenvalue weighted by Gasteiger charge is -2.15. The van der Waals surface area contributed by atoms with Gasteiger partial charge in [0.15, 0.2) is 0 Å². The van der Waals surface area contributed by atoms with E-state index >= 15 is 0 Å². The van der Waals surface area contributed by atoms with Crippen LogP contribution in [0, 0.1) is 0 Å². The Morgan fingerprint density at radius 1 is 1.00 bits per heavy atom. The van der Waals surface area contributed by atoms with Gasteiger partial charge in [0.05, 0.1) is 30.3 Å². The molecule has 0 amide bonds. The number of esters is 1. The summed E-state index contributed by atoms with van der Waals surface area (Å²) >= 11 is 0.989. The van der Waals surface area contributed by atoms with Crippen LogP contribution in [0.5, 0.6) is 0 Å². The molecule has 0 saturated carbocycles. The molecule has 0 bridgehead atoms. The first-order valence-corrected chi connectivity index (χ1v) is 9.71. The van der Waals surface area contributed by atoms with Gasteiger partial charge in [-0.15, -0.1) is 11.3 Å². The minimum Gasteiger partial charge on any atom is -0.462 e. The van der Waals surface area contributed by atoms with Crippen molar-refractivity contribution < 1.29 is 49.6 Å². The van der Waals surface area contributed by atoms with Crippen molar-refractivity contribution >= 4 is 17.3 Å². The van der Waals surface area contributed by atoms with Gasteiger partial charge in [0.2, 0.25) is 0 Å². The summed E-state index contributed by atoms with van der Waals surface area (Å²) in [5, 5.41) is 59.1. The first-order chi connectivity index (χ1) is 13.3. The number of aliphatic hydroxyl groups is 6. The van der Waals surface area contributed by atoms with Crippen molar-refractivity contribution in [3.8, 4) is 0 Å². The predicted octanol–water partition coefficient (Wildman–Crippen LogP) is -1.77. The summed E-state index contributed by atoms with van der Waals surface area (Å²) < 4.78 is 16.0. The quantitative estimate of drug-likeness (QED) is 0.290. The fraction of sp³-hybridized carbons (Fsp3) is 0.706. The summed E-state index contributed by atoms with van der Waals surface area (Å²) in [6.07, 6.45) is -9.46. The standard InChI is InChI=1S/C17H24O10S/c1-2-25-17(24)6-3-9(14-12(22)10(20)7(4-18)26-14)28-16(6)15-13(23)11(21)8(5-19)27-15/h3,7-8,10-15,18-23H,2,4-5H2,1H3/t7-,8+,10-,11+,12-,13+,14+,15+/m1/s1. The van der Waals surface area contributed by atoms with Gasteiger partial charge in [-0.1, -0.05) is 0 Å². The summed E-state index contributed by atoms with van der Waals surface area (Å²) in [5.74, 6) is -0.690. The molecule has 0 aromatic carbocycles. The summed E-state index contributed by atoms with van der Waals surface area (Å²) in [4.78, 5) is 13.0. The zero-order valence-electron chi connectivity index (χ0n) is 15.0. The van der Waals surface area contributed by atoms with Crippen molar-refractivity contribution in [3.05, 3.63) is 21.4 Å². The maximum absolute atomic E-state index is 12.4. The van der Waals surface area contributed by atoms with Crippen LogP contribution in [0.15, 0.2) is 6.07 Å². The fourth-order valence-corrected chi connectivity index (χ4v) is 4.70. The lowest BCUT2D eigenvalue weighted by Crippen LogP contribution is -2.32. The number of ether oxygens (including phenoxy) is 3. The van der Waals surface area contributed by atoms with Crippen LogP contribution in [0.2, 0.25) is 0 Å². The van der Waals surface area contributed by atoms with Crippen molar-refractivity contribution in [2.75, 3.05) is 19.8 Å². The van der Waals surface area contributed by atoms with E-state index in [-0.39, 0.29) is 17.0 Å². The molecular weight excluding hydrogens is 396 g/mol. The van der Waals surface area contributed by atoms with Crippen LogP contribution in [-0.4, -0.2) is 93.1 Å². The summed E-state index contributed by atoms with van der Waals surface area (Å²) in [6, 6.07) is 1.41. The Labute approximate surface area is 164 Å². The van der Waals surface area contributed by atoms with E-state index in [9.17, 15) is 35.4 Å². The topological polar surface area (TPSA) is 166 Å². The van der Waals surface area contributed by atoms with Gasteiger partial charge in [-0.3, -0.25) is 0 Å². The van der Waals surface area contributed by atoms with Crippen molar-refractivity contribution in [1.82, 2.24) is 0 Å². The minimum absolute atomic E-state index is 0.0643. The van der Waals surface area contributed by atoms with Crippen molar-refractivity contribution in [1.29, 1.82) is 0 Å². The number of hydrogen-bond acceptors (Lipinski definition) is 11. The maximum atomic E-state index is 12.4. The molecule has 0 aliphatic carbocycles. The molecule has 158 valence electrons. The monoisotopic (exact) mass is 420 g/mol. The molecule has 1 aromatic heterocycles. The molecule has 28 heavy (non-hydrogen) atoms. The van der Waals surface area contributed by atoms with Gasteiger partial charge < -0.3 is 44.8 Å². The normalized spacial score (nSPS) is 38.1. The van der Waals surface area contributed by atoms with E-state index in [1.54, 1.807) is 6.92 Å². The number of thiophene rings is 1.